The van der Waals surface area contributed by atoms with Crippen molar-refractivity contribution >= 4 is 40.2 Å². The number of ether oxygens (including phenoxy) is 1. The quantitative estimate of drug-likeness (QED) is 0.557. The van der Waals surface area contributed by atoms with Gasteiger partial charge in [0.2, 0.25) is 5.12 Å². The van der Waals surface area contributed by atoms with Gasteiger partial charge in [-0.25, -0.2) is 0 Å². The molecule has 0 fully saturated rings. The molecule has 0 bridgehead atoms. The summed E-state index contributed by atoms with van der Waals surface area (Å²) >= 11 is 6.99. The van der Waals surface area contributed by atoms with Crippen LogP contribution >= 0.6 is 23.4 Å². The Morgan fingerprint density at radius 2 is 1.76 bits per heavy atom. The summed E-state index contributed by atoms with van der Waals surface area (Å²) in [6.07, 6.45) is 0. The summed E-state index contributed by atoms with van der Waals surface area (Å²) in [6, 6.07) is 13.3. The van der Waals surface area contributed by atoms with Crippen LogP contribution in [0, 0.1) is 5.92 Å². The van der Waals surface area contributed by atoms with Crippen LogP contribution in [0.2, 0.25) is 5.02 Å². The first-order valence-electron chi connectivity index (χ1n) is 7.58. The molecule has 25 heavy (non-hydrogen) atoms. The molecule has 4 nitrogen and oxygen atoms in total. The number of esters is 1. The van der Waals surface area contributed by atoms with Crippen LogP contribution < -0.4 is 0 Å². The zero-order valence-corrected chi connectivity index (χ0v) is 15.4. The van der Waals surface area contributed by atoms with Crippen molar-refractivity contribution in [3.8, 4) is 0 Å². The molecule has 130 valence electrons. The van der Waals surface area contributed by atoms with Crippen molar-refractivity contribution in [3.63, 3.8) is 0 Å². The Hall–Kier alpha value is -2.11. The third-order valence-electron chi connectivity index (χ3n) is 3.55. The van der Waals surface area contributed by atoms with Crippen molar-refractivity contribution in [2.45, 2.75) is 6.92 Å². The van der Waals surface area contributed by atoms with Crippen molar-refractivity contribution in [1.29, 1.82) is 0 Å². The Morgan fingerprint density at radius 1 is 1.08 bits per heavy atom. The number of carbonyl (C=O) groups excluding carboxylic acids is 3. The first kappa shape index (κ1) is 19.2. The van der Waals surface area contributed by atoms with Gasteiger partial charge < -0.3 is 4.74 Å². The molecule has 0 heterocycles. The first-order valence-corrected chi connectivity index (χ1v) is 8.94. The van der Waals surface area contributed by atoms with E-state index in [1.54, 1.807) is 37.3 Å². The van der Waals surface area contributed by atoms with E-state index in [0.717, 1.165) is 11.8 Å². The van der Waals surface area contributed by atoms with Crippen LogP contribution in [0.1, 0.15) is 33.2 Å². The molecular weight excluding hydrogens is 360 g/mol. The minimum atomic E-state index is -0.417. The highest BCUT2D eigenvalue weighted by molar-refractivity contribution is 8.14. The van der Waals surface area contributed by atoms with Crippen LogP contribution in [0.4, 0.5) is 0 Å². The standard InChI is InChI=1S/C19H17ClO4S/c1-12(18(22)24-2)11-25-19(23)15-9-8-14(20)10-16(15)17(21)13-6-4-3-5-7-13/h3-10,12H,11H2,1-2H3. The van der Waals surface area contributed by atoms with Crippen molar-refractivity contribution in [2.24, 2.45) is 5.92 Å². The second kappa shape index (κ2) is 8.83. The molecule has 2 rings (SSSR count). The molecule has 0 aromatic heterocycles. The molecule has 0 amide bonds. The molecule has 0 saturated carbocycles. The van der Waals surface area contributed by atoms with E-state index >= 15 is 0 Å². The van der Waals surface area contributed by atoms with E-state index in [0.29, 0.717) is 10.6 Å². The zero-order valence-electron chi connectivity index (χ0n) is 13.8. The largest absolute Gasteiger partial charge is 0.469 e. The van der Waals surface area contributed by atoms with E-state index in [1.807, 2.05) is 6.07 Å². The molecule has 6 heteroatoms. The second-order valence-corrected chi connectivity index (χ2v) is 6.84. The first-order chi connectivity index (χ1) is 11.9. The van der Waals surface area contributed by atoms with E-state index in [2.05, 4.69) is 4.74 Å². The Labute approximate surface area is 155 Å². The monoisotopic (exact) mass is 376 g/mol. The number of hydrogen-bond donors (Lipinski definition) is 0. The minimum absolute atomic E-state index is 0.252. The number of rotatable bonds is 6. The van der Waals surface area contributed by atoms with Gasteiger partial charge in [-0.05, 0) is 18.2 Å². The van der Waals surface area contributed by atoms with Crippen molar-refractivity contribution in [2.75, 3.05) is 12.9 Å². The lowest BCUT2D eigenvalue weighted by molar-refractivity contribution is -0.143. The van der Waals surface area contributed by atoms with Gasteiger partial charge >= 0.3 is 5.97 Å². The lowest BCUT2D eigenvalue weighted by atomic mass is 9.99. The molecule has 0 aliphatic rings. The van der Waals surface area contributed by atoms with Crippen LogP contribution in [0.5, 0.6) is 0 Å². The average Bonchev–Trinajstić information content (AvgIpc) is 2.65. The summed E-state index contributed by atoms with van der Waals surface area (Å²) < 4.78 is 4.65. The normalized spacial score (nSPS) is 11.6. The predicted molar refractivity (Wildman–Crippen MR) is 99.3 cm³/mol. The van der Waals surface area contributed by atoms with Crippen LogP contribution in [-0.4, -0.2) is 29.7 Å². The van der Waals surface area contributed by atoms with Gasteiger partial charge in [-0.2, -0.15) is 0 Å². The van der Waals surface area contributed by atoms with E-state index in [-0.39, 0.29) is 33.7 Å². The maximum Gasteiger partial charge on any atom is 0.309 e. The molecular formula is C19H17ClO4S. The topological polar surface area (TPSA) is 60.4 Å². The lowest BCUT2D eigenvalue weighted by Crippen LogP contribution is -2.16. The molecule has 0 radical (unpaired) electrons. The third-order valence-corrected chi connectivity index (χ3v) is 4.93. The fourth-order valence-electron chi connectivity index (χ4n) is 2.18. The van der Waals surface area contributed by atoms with Gasteiger partial charge in [0.1, 0.15) is 0 Å². The second-order valence-electron chi connectivity index (χ2n) is 5.41. The zero-order chi connectivity index (χ0) is 18.4. The van der Waals surface area contributed by atoms with Crippen LogP contribution in [0.25, 0.3) is 0 Å². The Kier molecular flexibility index (Phi) is 6.79. The summed E-state index contributed by atoms with van der Waals surface area (Å²) in [4.78, 5) is 36.7. The van der Waals surface area contributed by atoms with E-state index in [4.69, 9.17) is 11.6 Å². The van der Waals surface area contributed by atoms with E-state index < -0.39 is 5.92 Å². The van der Waals surface area contributed by atoms with E-state index in [1.165, 1.54) is 19.2 Å². The Balaban J connectivity index is 2.25. The van der Waals surface area contributed by atoms with Gasteiger partial charge in [-0.15, -0.1) is 0 Å². The van der Waals surface area contributed by atoms with Gasteiger partial charge in [-0.1, -0.05) is 60.6 Å². The summed E-state index contributed by atoms with van der Waals surface area (Å²) in [5.41, 5.74) is 1.01. The molecule has 0 saturated heterocycles. The fourth-order valence-corrected chi connectivity index (χ4v) is 3.22. The van der Waals surface area contributed by atoms with E-state index in [9.17, 15) is 14.4 Å². The highest BCUT2D eigenvalue weighted by Gasteiger charge is 2.21. The summed E-state index contributed by atoms with van der Waals surface area (Å²) in [6.45, 7) is 1.68. The van der Waals surface area contributed by atoms with Crippen LogP contribution in [-0.2, 0) is 9.53 Å². The average molecular weight is 377 g/mol. The van der Waals surface area contributed by atoms with Crippen molar-refractivity contribution in [1.82, 2.24) is 0 Å². The Bertz CT molecular complexity index is 789. The molecule has 1 unspecified atom stereocenters. The Morgan fingerprint density at radius 3 is 2.40 bits per heavy atom. The summed E-state index contributed by atoms with van der Waals surface area (Å²) in [5.74, 6) is -0.794. The van der Waals surface area contributed by atoms with Gasteiger partial charge in [0.15, 0.2) is 5.78 Å². The maximum atomic E-state index is 12.7. The van der Waals surface area contributed by atoms with Crippen molar-refractivity contribution < 1.29 is 19.1 Å². The van der Waals surface area contributed by atoms with Gasteiger partial charge in [0.05, 0.1) is 13.0 Å². The molecule has 1 atom stereocenters. The van der Waals surface area contributed by atoms with Crippen LogP contribution in [0.3, 0.4) is 0 Å². The number of thioether (sulfide) groups is 1. The molecule has 2 aromatic rings. The third kappa shape index (κ3) is 4.94. The van der Waals surface area contributed by atoms with Gasteiger partial charge in [-0.3, -0.25) is 14.4 Å². The highest BCUT2D eigenvalue weighted by atomic mass is 35.5. The number of hydrogen-bond acceptors (Lipinski definition) is 5. The predicted octanol–water partition coefficient (Wildman–Crippen LogP) is 4.25. The maximum absolute atomic E-state index is 12.7. The number of ketones is 1. The van der Waals surface area contributed by atoms with Gasteiger partial charge in [0.25, 0.3) is 0 Å². The molecule has 0 aliphatic heterocycles. The molecule has 0 spiro atoms. The number of methoxy groups -OCH3 is 1. The number of halogens is 1. The fraction of sp³-hybridized carbons (Fsp3) is 0.211. The SMILES string of the molecule is COC(=O)C(C)CSC(=O)c1ccc(Cl)cc1C(=O)c1ccccc1. The van der Waals surface area contributed by atoms with Gasteiger partial charge in [0, 0.05) is 27.5 Å². The molecule has 2 aromatic carbocycles. The lowest BCUT2D eigenvalue weighted by Gasteiger charge is -2.11. The molecule has 0 N–H and O–H groups in total. The number of carbonyl (C=O) groups is 3. The number of benzene rings is 2. The van der Waals surface area contributed by atoms with Crippen LogP contribution in [0.15, 0.2) is 48.5 Å². The minimum Gasteiger partial charge on any atom is -0.469 e. The summed E-state index contributed by atoms with van der Waals surface area (Å²) in [5, 5.41) is 0.0930. The molecule has 0 aliphatic carbocycles. The highest BCUT2D eigenvalue weighted by Crippen LogP contribution is 2.24. The summed E-state index contributed by atoms with van der Waals surface area (Å²) in [7, 11) is 1.31. The van der Waals surface area contributed by atoms with Crippen molar-refractivity contribution in [3.05, 3.63) is 70.2 Å². The smallest absolute Gasteiger partial charge is 0.309 e.